The first-order valence-corrected chi connectivity index (χ1v) is 9.40. The number of nitrogens with zero attached hydrogens (tertiary/aromatic N) is 1. The van der Waals surface area contributed by atoms with E-state index in [4.69, 9.17) is 14.2 Å². The highest BCUT2D eigenvalue weighted by atomic mass is 16.5. The summed E-state index contributed by atoms with van der Waals surface area (Å²) in [6.45, 7) is 11.9. The molecule has 0 atom stereocenters. The van der Waals surface area contributed by atoms with Crippen LogP contribution in [0.25, 0.3) is 0 Å². The van der Waals surface area contributed by atoms with Crippen LogP contribution in [0.2, 0.25) is 0 Å². The molecule has 0 spiro atoms. The van der Waals surface area contributed by atoms with Gasteiger partial charge in [0.05, 0.1) is 19.3 Å². The molecular formula is C20H35N3O3. The Morgan fingerprint density at radius 3 is 2.38 bits per heavy atom. The van der Waals surface area contributed by atoms with Crippen molar-refractivity contribution in [3.8, 4) is 5.75 Å². The van der Waals surface area contributed by atoms with Gasteiger partial charge in [-0.05, 0) is 50.5 Å². The molecule has 0 aliphatic carbocycles. The predicted octanol–water partition coefficient (Wildman–Crippen LogP) is 3.54. The second kappa shape index (κ2) is 13.4. The molecule has 0 saturated heterocycles. The van der Waals surface area contributed by atoms with Crippen LogP contribution < -0.4 is 15.4 Å². The molecule has 0 aliphatic rings. The summed E-state index contributed by atoms with van der Waals surface area (Å²) >= 11 is 0. The molecule has 6 nitrogen and oxygen atoms in total. The molecule has 1 aromatic rings. The molecule has 26 heavy (non-hydrogen) atoms. The summed E-state index contributed by atoms with van der Waals surface area (Å²) in [6, 6.07) is 7.92. The van der Waals surface area contributed by atoms with Crippen molar-refractivity contribution in [2.75, 3.05) is 45.3 Å². The van der Waals surface area contributed by atoms with E-state index < -0.39 is 0 Å². The Morgan fingerprint density at radius 1 is 1.04 bits per heavy atom. The minimum Gasteiger partial charge on any atom is -0.491 e. The summed E-state index contributed by atoms with van der Waals surface area (Å²) in [5.74, 6) is 2.16. The summed E-state index contributed by atoms with van der Waals surface area (Å²) in [5, 5.41) is 6.71. The maximum Gasteiger partial charge on any atom is 0.195 e. The first kappa shape index (κ1) is 22.3. The number of ether oxygens (including phenoxy) is 3. The van der Waals surface area contributed by atoms with Crippen LogP contribution >= 0.6 is 0 Å². The summed E-state index contributed by atoms with van der Waals surface area (Å²) < 4.78 is 16.1. The lowest BCUT2D eigenvalue weighted by Gasteiger charge is -2.14. The van der Waals surface area contributed by atoms with Crippen molar-refractivity contribution in [3.05, 3.63) is 24.3 Å². The van der Waals surface area contributed by atoms with Crippen molar-refractivity contribution in [2.24, 2.45) is 10.9 Å². The van der Waals surface area contributed by atoms with E-state index in [0.29, 0.717) is 25.7 Å². The third kappa shape index (κ3) is 10.9. The first-order chi connectivity index (χ1) is 12.5. The molecule has 0 heterocycles. The van der Waals surface area contributed by atoms with Crippen LogP contribution in [0.1, 0.15) is 34.1 Å². The van der Waals surface area contributed by atoms with E-state index in [2.05, 4.69) is 29.5 Å². The number of guanidine groups is 1. The van der Waals surface area contributed by atoms with Crippen LogP contribution in [-0.4, -0.2) is 52.1 Å². The van der Waals surface area contributed by atoms with E-state index in [9.17, 15) is 0 Å². The molecule has 0 unspecified atom stereocenters. The van der Waals surface area contributed by atoms with Crippen LogP contribution in [0.5, 0.6) is 5.75 Å². The number of anilines is 1. The van der Waals surface area contributed by atoms with Crippen LogP contribution in [0.15, 0.2) is 29.3 Å². The monoisotopic (exact) mass is 365 g/mol. The Morgan fingerprint density at radius 2 is 1.77 bits per heavy atom. The lowest BCUT2D eigenvalue weighted by atomic mass is 10.2. The molecule has 0 aliphatic heterocycles. The number of benzene rings is 1. The lowest BCUT2D eigenvalue weighted by molar-refractivity contribution is 0.0699. The van der Waals surface area contributed by atoms with E-state index in [0.717, 1.165) is 36.9 Å². The van der Waals surface area contributed by atoms with E-state index in [1.54, 1.807) is 7.11 Å². The Balaban J connectivity index is 2.48. The van der Waals surface area contributed by atoms with Gasteiger partial charge in [0.15, 0.2) is 5.96 Å². The third-order valence-corrected chi connectivity index (χ3v) is 3.29. The van der Waals surface area contributed by atoms with Crippen molar-refractivity contribution in [1.29, 1.82) is 0 Å². The van der Waals surface area contributed by atoms with Crippen molar-refractivity contribution in [1.82, 2.24) is 5.32 Å². The standard InChI is InChI=1S/C20H35N3O3/c1-16(2)15-22-20(21-11-6-12-25-14-13-24-5)23-18-7-9-19(10-8-18)26-17(3)4/h7-10,16-17H,6,11-15H2,1-5H3,(H2,21,22,23). The van der Waals surface area contributed by atoms with Gasteiger partial charge in [0.2, 0.25) is 0 Å². The molecule has 0 fully saturated rings. The third-order valence-electron chi connectivity index (χ3n) is 3.29. The zero-order valence-corrected chi connectivity index (χ0v) is 16.9. The van der Waals surface area contributed by atoms with E-state index >= 15 is 0 Å². The molecule has 1 rings (SSSR count). The van der Waals surface area contributed by atoms with Crippen molar-refractivity contribution < 1.29 is 14.2 Å². The topological polar surface area (TPSA) is 64.1 Å². The molecule has 0 radical (unpaired) electrons. The van der Waals surface area contributed by atoms with Crippen LogP contribution in [-0.2, 0) is 9.47 Å². The largest absolute Gasteiger partial charge is 0.491 e. The minimum atomic E-state index is 0.171. The number of rotatable bonds is 12. The average molecular weight is 366 g/mol. The number of methoxy groups -OCH3 is 1. The number of nitrogens with one attached hydrogen (secondary N) is 2. The van der Waals surface area contributed by atoms with Gasteiger partial charge in [0, 0.05) is 32.5 Å². The molecule has 0 saturated carbocycles. The van der Waals surface area contributed by atoms with Crippen molar-refractivity contribution in [3.63, 3.8) is 0 Å². The van der Waals surface area contributed by atoms with Gasteiger partial charge in [0.1, 0.15) is 5.75 Å². The van der Waals surface area contributed by atoms with Crippen LogP contribution in [0, 0.1) is 5.92 Å². The fourth-order valence-electron chi connectivity index (χ4n) is 2.06. The molecule has 0 amide bonds. The molecule has 2 N–H and O–H groups in total. The van der Waals surface area contributed by atoms with Crippen LogP contribution in [0.4, 0.5) is 5.69 Å². The summed E-state index contributed by atoms with van der Waals surface area (Å²) in [4.78, 5) is 4.64. The van der Waals surface area contributed by atoms with Gasteiger partial charge in [-0.15, -0.1) is 0 Å². The van der Waals surface area contributed by atoms with E-state index in [1.165, 1.54) is 0 Å². The molecule has 148 valence electrons. The van der Waals surface area contributed by atoms with Gasteiger partial charge >= 0.3 is 0 Å². The Labute approximate surface area is 158 Å². The quantitative estimate of drug-likeness (QED) is 0.337. The zero-order chi connectivity index (χ0) is 19.2. The molecule has 6 heteroatoms. The number of hydrogen-bond donors (Lipinski definition) is 2. The summed E-state index contributed by atoms with van der Waals surface area (Å²) in [6.07, 6.45) is 1.08. The van der Waals surface area contributed by atoms with Crippen molar-refractivity contribution in [2.45, 2.75) is 40.2 Å². The highest BCUT2D eigenvalue weighted by molar-refractivity contribution is 5.93. The Hall–Kier alpha value is -1.79. The lowest BCUT2D eigenvalue weighted by Crippen LogP contribution is -2.32. The van der Waals surface area contributed by atoms with Gasteiger partial charge in [-0.3, -0.25) is 4.99 Å². The Kier molecular flexibility index (Phi) is 11.5. The van der Waals surface area contributed by atoms with Gasteiger partial charge in [-0.25, -0.2) is 0 Å². The van der Waals surface area contributed by atoms with Gasteiger partial charge in [-0.1, -0.05) is 13.8 Å². The molecule has 1 aromatic carbocycles. The fraction of sp³-hybridized carbons (Fsp3) is 0.650. The minimum absolute atomic E-state index is 0.171. The smallest absolute Gasteiger partial charge is 0.195 e. The average Bonchev–Trinajstić information content (AvgIpc) is 2.59. The summed E-state index contributed by atoms with van der Waals surface area (Å²) in [5.41, 5.74) is 0.979. The maximum absolute atomic E-state index is 5.68. The predicted molar refractivity (Wildman–Crippen MR) is 108 cm³/mol. The van der Waals surface area contributed by atoms with Gasteiger partial charge in [0.25, 0.3) is 0 Å². The maximum atomic E-state index is 5.68. The van der Waals surface area contributed by atoms with Crippen molar-refractivity contribution >= 4 is 11.6 Å². The van der Waals surface area contributed by atoms with Crippen LogP contribution in [0.3, 0.4) is 0 Å². The molecule has 0 bridgehead atoms. The van der Waals surface area contributed by atoms with Gasteiger partial charge < -0.3 is 24.8 Å². The second-order valence-electron chi connectivity index (χ2n) is 6.78. The highest BCUT2D eigenvalue weighted by Crippen LogP contribution is 2.16. The number of aliphatic imine (C=N–C) groups is 1. The molecule has 0 aromatic heterocycles. The normalized spacial score (nSPS) is 11.9. The molecular weight excluding hydrogens is 330 g/mol. The zero-order valence-electron chi connectivity index (χ0n) is 16.9. The first-order valence-electron chi connectivity index (χ1n) is 9.40. The van der Waals surface area contributed by atoms with Gasteiger partial charge in [-0.2, -0.15) is 0 Å². The SMILES string of the molecule is COCCOCCCNC(=NCC(C)C)Nc1ccc(OC(C)C)cc1. The highest BCUT2D eigenvalue weighted by Gasteiger charge is 2.03. The second-order valence-corrected chi connectivity index (χ2v) is 6.78. The Bertz CT molecular complexity index is 502. The fourth-order valence-corrected chi connectivity index (χ4v) is 2.06. The van der Waals surface area contributed by atoms with E-state index in [-0.39, 0.29) is 6.10 Å². The van der Waals surface area contributed by atoms with E-state index in [1.807, 2.05) is 38.1 Å². The number of hydrogen-bond acceptors (Lipinski definition) is 4. The summed E-state index contributed by atoms with van der Waals surface area (Å²) in [7, 11) is 1.68.